The number of pyridine rings is 2. The average Bonchev–Trinajstić information content (AvgIpc) is 3.12. The SMILES string of the molecule is c1ccc(Nc2nccc(C3CCCN3Cc3cccnc3)n2)nc1. The Morgan fingerprint density at radius 2 is 2.04 bits per heavy atom. The van der Waals surface area contributed by atoms with E-state index in [-0.39, 0.29) is 0 Å². The van der Waals surface area contributed by atoms with Crippen molar-refractivity contribution in [2.45, 2.75) is 25.4 Å². The standard InChI is InChI=1S/C19H20N6/c1-2-10-21-18(7-1)24-19-22-11-8-16(23-19)17-6-4-12-25(17)14-15-5-3-9-20-13-15/h1-3,5,7-11,13,17H,4,6,12,14H2,(H,21,22,23,24). The zero-order chi connectivity index (χ0) is 16.9. The Hall–Kier alpha value is -2.86. The Balaban J connectivity index is 1.51. The maximum Gasteiger partial charge on any atom is 0.228 e. The number of aromatic nitrogens is 4. The molecule has 1 aliphatic heterocycles. The van der Waals surface area contributed by atoms with E-state index in [0.717, 1.165) is 31.0 Å². The van der Waals surface area contributed by atoms with Crippen LogP contribution in [0.5, 0.6) is 0 Å². The topological polar surface area (TPSA) is 66.8 Å². The van der Waals surface area contributed by atoms with Crippen LogP contribution >= 0.6 is 0 Å². The third-order valence-corrected chi connectivity index (χ3v) is 4.40. The summed E-state index contributed by atoms with van der Waals surface area (Å²) < 4.78 is 0. The minimum absolute atomic E-state index is 0.312. The van der Waals surface area contributed by atoms with Crippen molar-refractivity contribution >= 4 is 11.8 Å². The number of likely N-dealkylation sites (tertiary alicyclic amines) is 1. The molecule has 0 radical (unpaired) electrons. The molecule has 6 nitrogen and oxygen atoms in total. The lowest BCUT2D eigenvalue weighted by atomic mass is 10.1. The molecule has 0 spiro atoms. The Bertz CT molecular complexity index is 808. The molecule has 1 N–H and O–H groups in total. The highest BCUT2D eigenvalue weighted by atomic mass is 15.2. The maximum absolute atomic E-state index is 4.72. The van der Waals surface area contributed by atoms with Gasteiger partial charge in [-0.2, -0.15) is 0 Å². The number of nitrogens with zero attached hydrogens (tertiary/aromatic N) is 5. The summed E-state index contributed by atoms with van der Waals surface area (Å²) in [5, 5.41) is 3.17. The number of nitrogens with one attached hydrogen (secondary N) is 1. The van der Waals surface area contributed by atoms with E-state index < -0.39 is 0 Å². The third-order valence-electron chi connectivity index (χ3n) is 4.40. The molecule has 4 heterocycles. The molecule has 3 aromatic heterocycles. The minimum Gasteiger partial charge on any atom is -0.309 e. The van der Waals surface area contributed by atoms with Crippen LogP contribution in [-0.2, 0) is 6.54 Å². The van der Waals surface area contributed by atoms with Gasteiger partial charge >= 0.3 is 0 Å². The van der Waals surface area contributed by atoms with Crippen LogP contribution in [-0.4, -0.2) is 31.4 Å². The first-order valence-electron chi connectivity index (χ1n) is 8.52. The van der Waals surface area contributed by atoms with Crippen LogP contribution in [0, 0.1) is 0 Å². The number of hydrogen-bond donors (Lipinski definition) is 1. The molecule has 126 valence electrons. The molecular formula is C19H20N6. The van der Waals surface area contributed by atoms with Gasteiger partial charge in [-0.15, -0.1) is 0 Å². The highest BCUT2D eigenvalue weighted by molar-refractivity contribution is 5.46. The smallest absolute Gasteiger partial charge is 0.228 e. The lowest BCUT2D eigenvalue weighted by molar-refractivity contribution is 0.244. The van der Waals surface area contributed by atoms with Gasteiger partial charge in [0.05, 0.1) is 11.7 Å². The fourth-order valence-electron chi connectivity index (χ4n) is 3.25. The van der Waals surface area contributed by atoms with Gasteiger partial charge in [0.2, 0.25) is 5.95 Å². The molecule has 0 aromatic carbocycles. The first-order valence-corrected chi connectivity index (χ1v) is 8.52. The van der Waals surface area contributed by atoms with Crippen LogP contribution in [0.4, 0.5) is 11.8 Å². The molecule has 4 rings (SSSR count). The zero-order valence-corrected chi connectivity index (χ0v) is 13.9. The first kappa shape index (κ1) is 15.7. The summed E-state index contributed by atoms with van der Waals surface area (Å²) in [5.41, 5.74) is 2.28. The Morgan fingerprint density at radius 3 is 2.88 bits per heavy atom. The summed E-state index contributed by atoms with van der Waals surface area (Å²) in [6.07, 6.45) is 9.60. The van der Waals surface area contributed by atoms with Gasteiger partial charge in [0.1, 0.15) is 5.82 Å². The summed E-state index contributed by atoms with van der Waals surface area (Å²) in [4.78, 5) is 20.0. The molecule has 25 heavy (non-hydrogen) atoms. The third kappa shape index (κ3) is 3.80. The number of hydrogen-bond acceptors (Lipinski definition) is 6. The number of rotatable bonds is 5. The second-order valence-corrected chi connectivity index (χ2v) is 6.13. The summed E-state index contributed by atoms with van der Waals surface area (Å²) in [5.74, 6) is 1.34. The van der Waals surface area contributed by atoms with Gasteiger partial charge in [-0.3, -0.25) is 9.88 Å². The van der Waals surface area contributed by atoms with Crippen molar-refractivity contribution < 1.29 is 0 Å². The second kappa shape index (κ2) is 7.36. The molecule has 6 heteroatoms. The summed E-state index contributed by atoms with van der Waals surface area (Å²) in [6.45, 7) is 1.97. The maximum atomic E-state index is 4.72. The highest BCUT2D eigenvalue weighted by Crippen LogP contribution is 2.32. The lowest BCUT2D eigenvalue weighted by Crippen LogP contribution is -2.23. The van der Waals surface area contributed by atoms with Crippen LogP contribution in [0.3, 0.4) is 0 Å². The van der Waals surface area contributed by atoms with E-state index in [1.165, 1.54) is 12.0 Å². The molecule has 0 saturated carbocycles. The van der Waals surface area contributed by atoms with Crippen LogP contribution in [0.15, 0.2) is 61.2 Å². The van der Waals surface area contributed by atoms with E-state index >= 15 is 0 Å². The molecule has 3 aromatic rings. The molecule has 1 fully saturated rings. The van der Waals surface area contributed by atoms with E-state index in [4.69, 9.17) is 4.98 Å². The molecular weight excluding hydrogens is 312 g/mol. The lowest BCUT2D eigenvalue weighted by Gasteiger charge is -2.24. The van der Waals surface area contributed by atoms with Crippen molar-refractivity contribution in [1.82, 2.24) is 24.8 Å². The van der Waals surface area contributed by atoms with Gasteiger partial charge < -0.3 is 5.32 Å². The fourth-order valence-corrected chi connectivity index (χ4v) is 3.25. The van der Waals surface area contributed by atoms with Crippen molar-refractivity contribution in [2.75, 3.05) is 11.9 Å². The average molecular weight is 332 g/mol. The van der Waals surface area contributed by atoms with E-state index in [2.05, 4.69) is 31.2 Å². The molecule has 0 amide bonds. The quantitative estimate of drug-likeness (QED) is 0.773. The molecule has 1 atom stereocenters. The molecule has 0 bridgehead atoms. The summed E-state index contributed by atoms with van der Waals surface area (Å²) in [6, 6.07) is 12.2. The predicted octanol–water partition coefficient (Wildman–Crippen LogP) is 3.35. The van der Waals surface area contributed by atoms with Crippen LogP contribution in [0.1, 0.15) is 30.1 Å². The Labute approximate surface area is 147 Å². The zero-order valence-electron chi connectivity index (χ0n) is 13.9. The van der Waals surface area contributed by atoms with Gasteiger partial charge in [-0.25, -0.2) is 15.0 Å². The second-order valence-electron chi connectivity index (χ2n) is 6.13. The van der Waals surface area contributed by atoms with E-state index in [9.17, 15) is 0 Å². The molecule has 0 aliphatic carbocycles. The van der Waals surface area contributed by atoms with Crippen molar-refractivity contribution in [3.05, 3.63) is 72.4 Å². The summed E-state index contributed by atoms with van der Waals surface area (Å²) in [7, 11) is 0. The predicted molar refractivity (Wildman–Crippen MR) is 96.2 cm³/mol. The van der Waals surface area contributed by atoms with E-state index in [1.807, 2.05) is 48.9 Å². The van der Waals surface area contributed by atoms with Gasteiger partial charge in [-0.05, 0) is 49.2 Å². The molecule has 1 aliphatic rings. The van der Waals surface area contributed by atoms with Crippen molar-refractivity contribution in [2.24, 2.45) is 0 Å². The van der Waals surface area contributed by atoms with Crippen LogP contribution < -0.4 is 5.32 Å². The first-order chi connectivity index (χ1) is 12.4. The van der Waals surface area contributed by atoms with Gasteiger partial charge in [0.25, 0.3) is 0 Å². The van der Waals surface area contributed by atoms with E-state index in [1.54, 1.807) is 6.20 Å². The van der Waals surface area contributed by atoms with E-state index in [0.29, 0.717) is 12.0 Å². The van der Waals surface area contributed by atoms with Gasteiger partial charge in [0.15, 0.2) is 0 Å². The molecule has 1 unspecified atom stereocenters. The largest absolute Gasteiger partial charge is 0.309 e. The fraction of sp³-hybridized carbons (Fsp3) is 0.263. The van der Waals surface area contributed by atoms with Crippen molar-refractivity contribution in [1.29, 1.82) is 0 Å². The summed E-state index contributed by atoms with van der Waals surface area (Å²) >= 11 is 0. The number of anilines is 2. The van der Waals surface area contributed by atoms with Gasteiger partial charge in [-0.1, -0.05) is 12.1 Å². The highest BCUT2D eigenvalue weighted by Gasteiger charge is 2.27. The van der Waals surface area contributed by atoms with Crippen LogP contribution in [0.25, 0.3) is 0 Å². The van der Waals surface area contributed by atoms with Crippen molar-refractivity contribution in [3.63, 3.8) is 0 Å². The minimum atomic E-state index is 0.312. The van der Waals surface area contributed by atoms with Gasteiger partial charge in [0, 0.05) is 31.3 Å². The van der Waals surface area contributed by atoms with Crippen molar-refractivity contribution in [3.8, 4) is 0 Å². The Morgan fingerprint density at radius 1 is 1.04 bits per heavy atom. The Kier molecular flexibility index (Phi) is 4.61. The monoisotopic (exact) mass is 332 g/mol. The molecule has 1 saturated heterocycles. The normalized spacial score (nSPS) is 17.5. The van der Waals surface area contributed by atoms with Crippen LogP contribution in [0.2, 0.25) is 0 Å².